The molecule has 0 unspecified atom stereocenters. The quantitative estimate of drug-likeness (QED) is 0.547. The summed E-state index contributed by atoms with van der Waals surface area (Å²) in [5.74, 6) is -0.412. The molecule has 0 spiro atoms. The highest BCUT2D eigenvalue weighted by Crippen LogP contribution is 1.94. The van der Waals surface area contributed by atoms with Crippen LogP contribution in [0.4, 0.5) is 0 Å². The van der Waals surface area contributed by atoms with Crippen LogP contribution in [0.1, 0.15) is 13.8 Å². The Kier molecular flexibility index (Phi) is 4.81. The standard InChI is InChI=1S/C7H15NO3/c1-4-11-7(10)6(8-3)5(2)9/h5-6,8-9H,4H2,1-3H3/t5-,6+/m1/s1. The molecule has 0 fully saturated rings. The molecule has 0 heterocycles. The van der Waals surface area contributed by atoms with Crippen molar-refractivity contribution in [2.45, 2.75) is 26.0 Å². The Morgan fingerprint density at radius 2 is 2.27 bits per heavy atom. The lowest BCUT2D eigenvalue weighted by Gasteiger charge is -2.16. The van der Waals surface area contributed by atoms with Gasteiger partial charge >= 0.3 is 5.97 Å². The van der Waals surface area contributed by atoms with Crippen molar-refractivity contribution in [2.75, 3.05) is 13.7 Å². The largest absolute Gasteiger partial charge is 0.465 e. The third kappa shape index (κ3) is 3.34. The monoisotopic (exact) mass is 161 g/mol. The lowest BCUT2D eigenvalue weighted by molar-refractivity contribution is -0.148. The molecule has 0 rings (SSSR count). The molecule has 0 aromatic rings. The minimum atomic E-state index is -0.723. The zero-order valence-corrected chi connectivity index (χ0v) is 7.13. The number of esters is 1. The SMILES string of the molecule is CCOC(=O)[C@@H](NC)[C@@H](C)O. The molecular formula is C7H15NO3. The summed E-state index contributed by atoms with van der Waals surface area (Å²) in [6.07, 6.45) is -0.723. The minimum Gasteiger partial charge on any atom is -0.465 e. The van der Waals surface area contributed by atoms with E-state index < -0.39 is 18.1 Å². The van der Waals surface area contributed by atoms with Gasteiger partial charge in [0, 0.05) is 0 Å². The van der Waals surface area contributed by atoms with Gasteiger partial charge < -0.3 is 15.2 Å². The van der Waals surface area contributed by atoms with Crippen LogP contribution in [0, 0.1) is 0 Å². The number of aliphatic hydroxyl groups is 1. The van der Waals surface area contributed by atoms with Crippen LogP contribution in [-0.4, -0.2) is 36.9 Å². The van der Waals surface area contributed by atoms with Gasteiger partial charge in [0.1, 0.15) is 6.04 Å². The summed E-state index contributed by atoms with van der Waals surface area (Å²) < 4.78 is 4.69. The molecule has 0 aliphatic heterocycles. The molecular weight excluding hydrogens is 146 g/mol. The molecule has 0 radical (unpaired) electrons. The fraction of sp³-hybridized carbons (Fsp3) is 0.857. The summed E-state index contributed by atoms with van der Waals surface area (Å²) in [7, 11) is 1.61. The van der Waals surface area contributed by atoms with E-state index >= 15 is 0 Å². The Morgan fingerprint density at radius 1 is 1.73 bits per heavy atom. The van der Waals surface area contributed by atoms with Crippen molar-refractivity contribution in [3.8, 4) is 0 Å². The highest BCUT2D eigenvalue weighted by atomic mass is 16.5. The van der Waals surface area contributed by atoms with Crippen LogP contribution in [0.3, 0.4) is 0 Å². The Balaban J connectivity index is 3.92. The average Bonchev–Trinajstić information content (AvgIpc) is 1.88. The van der Waals surface area contributed by atoms with Gasteiger partial charge in [-0.2, -0.15) is 0 Å². The first-order valence-electron chi connectivity index (χ1n) is 3.65. The predicted octanol–water partition coefficient (Wildman–Crippen LogP) is -0.482. The molecule has 2 N–H and O–H groups in total. The van der Waals surface area contributed by atoms with E-state index in [0.29, 0.717) is 6.61 Å². The van der Waals surface area contributed by atoms with Gasteiger partial charge in [0.25, 0.3) is 0 Å². The number of hydrogen-bond acceptors (Lipinski definition) is 4. The van der Waals surface area contributed by atoms with Gasteiger partial charge in [-0.3, -0.25) is 4.79 Å². The Hall–Kier alpha value is -0.610. The number of carbonyl (C=O) groups excluding carboxylic acids is 1. The van der Waals surface area contributed by atoms with Crippen molar-refractivity contribution in [2.24, 2.45) is 0 Å². The van der Waals surface area contributed by atoms with Crippen molar-refractivity contribution in [1.82, 2.24) is 5.32 Å². The summed E-state index contributed by atoms with van der Waals surface area (Å²) in [4.78, 5) is 11.0. The number of carbonyl (C=O) groups is 1. The molecule has 0 bridgehead atoms. The van der Waals surface area contributed by atoms with Crippen LogP contribution in [0.15, 0.2) is 0 Å². The van der Waals surface area contributed by atoms with Gasteiger partial charge in [-0.1, -0.05) is 0 Å². The zero-order chi connectivity index (χ0) is 8.85. The summed E-state index contributed by atoms with van der Waals surface area (Å²) in [5.41, 5.74) is 0. The second-order valence-corrected chi connectivity index (χ2v) is 2.26. The van der Waals surface area contributed by atoms with E-state index in [0.717, 1.165) is 0 Å². The zero-order valence-electron chi connectivity index (χ0n) is 7.13. The summed E-state index contributed by atoms with van der Waals surface area (Å²) in [6.45, 7) is 3.61. The predicted molar refractivity (Wildman–Crippen MR) is 41.2 cm³/mol. The highest BCUT2D eigenvalue weighted by Gasteiger charge is 2.22. The van der Waals surface area contributed by atoms with Gasteiger partial charge in [0.2, 0.25) is 0 Å². The lowest BCUT2D eigenvalue weighted by atomic mass is 10.2. The van der Waals surface area contributed by atoms with E-state index in [9.17, 15) is 4.79 Å². The van der Waals surface area contributed by atoms with Crippen LogP contribution >= 0.6 is 0 Å². The van der Waals surface area contributed by atoms with Gasteiger partial charge in [0.15, 0.2) is 0 Å². The van der Waals surface area contributed by atoms with Crippen LogP contribution in [0.25, 0.3) is 0 Å². The summed E-state index contributed by atoms with van der Waals surface area (Å²) in [5, 5.41) is 11.7. The molecule has 0 saturated heterocycles. The maximum absolute atomic E-state index is 11.0. The van der Waals surface area contributed by atoms with Crippen LogP contribution in [0.2, 0.25) is 0 Å². The van der Waals surface area contributed by atoms with Crippen LogP contribution in [0.5, 0.6) is 0 Å². The summed E-state index contributed by atoms with van der Waals surface area (Å²) >= 11 is 0. The van der Waals surface area contributed by atoms with Crippen LogP contribution in [-0.2, 0) is 9.53 Å². The normalized spacial score (nSPS) is 15.6. The van der Waals surface area contributed by atoms with Gasteiger partial charge in [0.05, 0.1) is 12.7 Å². The number of rotatable bonds is 4. The van der Waals surface area contributed by atoms with E-state index in [1.165, 1.54) is 6.92 Å². The average molecular weight is 161 g/mol. The molecule has 4 nitrogen and oxygen atoms in total. The van der Waals surface area contributed by atoms with E-state index in [4.69, 9.17) is 9.84 Å². The van der Waals surface area contributed by atoms with Crippen molar-refractivity contribution in [3.63, 3.8) is 0 Å². The van der Waals surface area contributed by atoms with E-state index in [1.807, 2.05) is 0 Å². The topological polar surface area (TPSA) is 58.6 Å². The molecule has 11 heavy (non-hydrogen) atoms. The second-order valence-electron chi connectivity index (χ2n) is 2.26. The van der Waals surface area contributed by atoms with Crippen molar-refractivity contribution >= 4 is 5.97 Å². The first-order valence-corrected chi connectivity index (χ1v) is 3.65. The fourth-order valence-corrected chi connectivity index (χ4v) is 0.788. The molecule has 0 aliphatic carbocycles. The third-order valence-electron chi connectivity index (χ3n) is 1.33. The van der Waals surface area contributed by atoms with E-state index in [2.05, 4.69) is 5.32 Å². The highest BCUT2D eigenvalue weighted by molar-refractivity contribution is 5.76. The molecule has 2 atom stereocenters. The Bertz CT molecular complexity index is 125. The van der Waals surface area contributed by atoms with Gasteiger partial charge in [-0.25, -0.2) is 0 Å². The minimum absolute atomic E-state index is 0.337. The van der Waals surface area contributed by atoms with Crippen molar-refractivity contribution in [3.05, 3.63) is 0 Å². The maximum atomic E-state index is 11.0. The molecule has 0 amide bonds. The first kappa shape index (κ1) is 10.4. The molecule has 66 valence electrons. The number of aliphatic hydroxyl groups excluding tert-OH is 1. The third-order valence-corrected chi connectivity index (χ3v) is 1.33. The van der Waals surface area contributed by atoms with E-state index in [-0.39, 0.29) is 0 Å². The van der Waals surface area contributed by atoms with Gasteiger partial charge in [-0.05, 0) is 20.9 Å². The fourth-order valence-electron chi connectivity index (χ4n) is 0.788. The number of nitrogens with one attached hydrogen (secondary N) is 1. The van der Waals surface area contributed by atoms with Crippen molar-refractivity contribution < 1.29 is 14.6 Å². The number of ether oxygens (including phenoxy) is 1. The summed E-state index contributed by atoms with van der Waals surface area (Å²) in [6, 6.07) is -0.616. The number of hydrogen-bond donors (Lipinski definition) is 2. The Morgan fingerprint density at radius 3 is 2.55 bits per heavy atom. The Labute approximate surface area is 66.5 Å². The molecule has 0 saturated carbocycles. The molecule has 0 aromatic heterocycles. The smallest absolute Gasteiger partial charge is 0.325 e. The maximum Gasteiger partial charge on any atom is 0.325 e. The van der Waals surface area contributed by atoms with Crippen molar-refractivity contribution in [1.29, 1.82) is 0 Å². The molecule has 0 aromatic carbocycles. The first-order chi connectivity index (χ1) is 5.13. The lowest BCUT2D eigenvalue weighted by Crippen LogP contribution is -2.43. The van der Waals surface area contributed by atoms with Crippen LogP contribution < -0.4 is 5.32 Å². The van der Waals surface area contributed by atoms with E-state index in [1.54, 1.807) is 14.0 Å². The molecule has 0 aliphatic rings. The molecule has 4 heteroatoms. The number of likely N-dealkylation sites (N-methyl/N-ethyl adjacent to an activating group) is 1. The second kappa shape index (κ2) is 5.09. The van der Waals surface area contributed by atoms with Gasteiger partial charge in [-0.15, -0.1) is 0 Å².